The fourth-order valence-electron chi connectivity index (χ4n) is 3.21. The van der Waals surface area contributed by atoms with E-state index < -0.39 is 30.8 Å². The third-order valence-corrected chi connectivity index (χ3v) is 4.63. The molecule has 5 nitrogen and oxygen atoms in total. The molecule has 1 fully saturated rings. The van der Waals surface area contributed by atoms with E-state index in [1.807, 2.05) is 60.7 Å². The van der Waals surface area contributed by atoms with Gasteiger partial charge in [-0.2, -0.15) is 0 Å². The number of aliphatic hydroxyl groups is 1. The number of rotatable bonds is 9. The predicted molar refractivity (Wildman–Crippen MR) is 97.7 cm³/mol. The molecule has 1 aliphatic heterocycles. The summed E-state index contributed by atoms with van der Waals surface area (Å²) >= 11 is 0. The summed E-state index contributed by atoms with van der Waals surface area (Å²) < 4.78 is 36.2. The SMILES string of the molecule is CO[C@@H]1O[C@H](COCc2ccccc2)[C@H](OCc2ccccc2)C1(O)CF. The summed E-state index contributed by atoms with van der Waals surface area (Å²) in [5.41, 5.74) is 0.0504. The van der Waals surface area contributed by atoms with Gasteiger partial charge in [-0.3, -0.25) is 0 Å². The molecule has 0 saturated carbocycles. The lowest BCUT2D eigenvalue weighted by atomic mass is 9.96. The van der Waals surface area contributed by atoms with Gasteiger partial charge in [0.2, 0.25) is 0 Å². The molecule has 0 bridgehead atoms. The Morgan fingerprint density at radius 2 is 1.59 bits per heavy atom. The van der Waals surface area contributed by atoms with Gasteiger partial charge in [-0.1, -0.05) is 60.7 Å². The first-order valence-electron chi connectivity index (χ1n) is 8.91. The van der Waals surface area contributed by atoms with Gasteiger partial charge in [-0.25, -0.2) is 4.39 Å². The lowest BCUT2D eigenvalue weighted by Crippen LogP contribution is -2.52. The molecular weight excluding hydrogens is 351 g/mol. The average molecular weight is 376 g/mol. The molecule has 0 radical (unpaired) electrons. The number of ether oxygens (including phenoxy) is 4. The van der Waals surface area contributed by atoms with Gasteiger partial charge in [0.15, 0.2) is 11.9 Å². The summed E-state index contributed by atoms with van der Waals surface area (Å²) in [6.07, 6.45) is -2.68. The summed E-state index contributed by atoms with van der Waals surface area (Å²) in [6.45, 7) is -0.280. The third-order valence-electron chi connectivity index (χ3n) is 4.63. The Morgan fingerprint density at radius 3 is 2.15 bits per heavy atom. The second kappa shape index (κ2) is 9.39. The van der Waals surface area contributed by atoms with E-state index in [2.05, 4.69) is 0 Å². The molecule has 2 aromatic rings. The van der Waals surface area contributed by atoms with Crippen LogP contribution in [0, 0.1) is 0 Å². The van der Waals surface area contributed by atoms with Gasteiger partial charge in [-0.15, -0.1) is 0 Å². The summed E-state index contributed by atoms with van der Waals surface area (Å²) in [5, 5.41) is 10.8. The Morgan fingerprint density at radius 1 is 1.00 bits per heavy atom. The van der Waals surface area contributed by atoms with Gasteiger partial charge >= 0.3 is 0 Å². The van der Waals surface area contributed by atoms with Crippen LogP contribution in [0.2, 0.25) is 0 Å². The van der Waals surface area contributed by atoms with Crippen molar-refractivity contribution in [3.63, 3.8) is 0 Å². The zero-order valence-electron chi connectivity index (χ0n) is 15.3. The number of alkyl halides is 1. The van der Waals surface area contributed by atoms with Crippen LogP contribution in [0.1, 0.15) is 11.1 Å². The molecule has 0 aromatic heterocycles. The standard InChI is InChI=1S/C21H25FO5/c1-24-20-21(23,15-22)19(26-13-17-10-6-3-7-11-17)18(27-20)14-25-12-16-8-4-2-5-9-16/h2-11,18-20,23H,12-15H2,1H3/t18-,19+,20-,21?/m1/s1. The first-order valence-corrected chi connectivity index (χ1v) is 8.91. The quantitative estimate of drug-likeness (QED) is 0.729. The second-order valence-electron chi connectivity index (χ2n) is 6.58. The molecule has 1 heterocycles. The molecule has 1 aliphatic rings. The van der Waals surface area contributed by atoms with Crippen LogP contribution < -0.4 is 0 Å². The van der Waals surface area contributed by atoms with Crippen LogP contribution in [0.15, 0.2) is 60.7 Å². The van der Waals surface area contributed by atoms with Crippen LogP contribution in [0.5, 0.6) is 0 Å². The van der Waals surface area contributed by atoms with Gasteiger partial charge in [0.25, 0.3) is 0 Å². The third kappa shape index (κ3) is 4.72. The lowest BCUT2D eigenvalue weighted by molar-refractivity contribution is -0.202. The zero-order valence-corrected chi connectivity index (χ0v) is 15.3. The number of benzene rings is 2. The Balaban J connectivity index is 1.65. The Bertz CT molecular complexity index is 683. The van der Waals surface area contributed by atoms with E-state index in [0.717, 1.165) is 11.1 Å². The number of methoxy groups -OCH3 is 1. The van der Waals surface area contributed by atoms with E-state index in [9.17, 15) is 9.50 Å². The molecule has 0 aliphatic carbocycles. The smallest absolute Gasteiger partial charge is 0.191 e. The van der Waals surface area contributed by atoms with Gasteiger partial charge in [0, 0.05) is 7.11 Å². The largest absolute Gasteiger partial charge is 0.379 e. The molecule has 6 heteroatoms. The maximum Gasteiger partial charge on any atom is 0.191 e. The number of hydrogen-bond donors (Lipinski definition) is 1. The van der Waals surface area contributed by atoms with Crippen LogP contribution in [0.3, 0.4) is 0 Å². The van der Waals surface area contributed by atoms with Crippen molar-refractivity contribution in [2.75, 3.05) is 20.4 Å². The molecule has 27 heavy (non-hydrogen) atoms. The average Bonchev–Trinajstić information content (AvgIpc) is 2.99. The van der Waals surface area contributed by atoms with E-state index in [4.69, 9.17) is 18.9 Å². The van der Waals surface area contributed by atoms with Crippen molar-refractivity contribution in [3.05, 3.63) is 71.8 Å². The van der Waals surface area contributed by atoms with Gasteiger partial charge in [0.1, 0.15) is 18.9 Å². The fourth-order valence-corrected chi connectivity index (χ4v) is 3.21. The highest BCUT2D eigenvalue weighted by atomic mass is 19.1. The number of halogens is 1. The van der Waals surface area contributed by atoms with Gasteiger partial charge in [0.05, 0.1) is 19.8 Å². The minimum Gasteiger partial charge on any atom is -0.379 e. The normalized spacial score (nSPS) is 27.7. The fraction of sp³-hybridized carbons (Fsp3) is 0.429. The Labute approximate surface area is 158 Å². The van der Waals surface area contributed by atoms with Crippen molar-refractivity contribution < 1.29 is 28.4 Å². The van der Waals surface area contributed by atoms with Gasteiger partial charge < -0.3 is 24.1 Å². The summed E-state index contributed by atoms with van der Waals surface area (Å²) in [4.78, 5) is 0. The van der Waals surface area contributed by atoms with Crippen LogP contribution in [0.25, 0.3) is 0 Å². The highest BCUT2D eigenvalue weighted by Gasteiger charge is 2.57. The van der Waals surface area contributed by atoms with E-state index in [0.29, 0.717) is 6.61 Å². The number of hydrogen-bond acceptors (Lipinski definition) is 5. The molecule has 1 unspecified atom stereocenters. The van der Waals surface area contributed by atoms with Crippen LogP contribution in [-0.4, -0.2) is 49.6 Å². The molecule has 0 spiro atoms. The first kappa shape index (κ1) is 19.9. The van der Waals surface area contributed by atoms with Crippen molar-refractivity contribution in [2.24, 2.45) is 0 Å². The Kier molecular flexibility index (Phi) is 6.93. The Hall–Kier alpha value is -1.83. The van der Waals surface area contributed by atoms with Crippen molar-refractivity contribution in [1.29, 1.82) is 0 Å². The molecule has 4 atom stereocenters. The molecule has 2 aromatic carbocycles. The van der Waals surface area contributed by atoms with E-state index in [1.165, 1.54) is 7.11 Å². The molecule has 0 amide bonds. The first-order chi connectivity index (χ1) is 13.2. The minimum absolute atomic E-state index is 0.149. The van der Waals surface area contributed by atoms with Crippen LogP contribution >= 0.6 is 0 Å². The second-order valence-corrected chi connectivity index (χ2v) is 6.58. The van der Waals surface area contributed by atoms with E-state index >= 15 is 0 Å². The van der Waals surface area contributed by atoms with Crippen molar-refractivity contribution in [3.8, 4) is 0 Å². The molecule has 1 saturated heterocycles. The minimum atomic E-state index is -1.88. The molecule has 1 N–H and O–H groups in total. The van der Waals surface area contributed by atoms with E-state index in [1.54, 1.807) is 0 Å². The van der Waals surface area contributed by atoms with Crippen molar-refractivity contribution in [2.45, 2.75) is 37.3 Å². The van der Waals surface area contributed by atoms with Crippen LogP contribution in [-0.2, 0) is 32.2 Å². The van der Waals surface area contributed by atoms with E-state index in [-0.39, 0.29) is 13.2 Å². The summed E-state index contributed by atoms with van der Waals surface area (Å²) in [6, 6.07) is 19.2. The van der Waals surface area contributed by atoms with Crippen molar-refractivity contribution in [1.82, 2.24) is 0 Å². The highest BCUT2D eigenvalue weighted by Crippen LogP contribution is 2.35. The molecular formula is C21H25FO5. The topological polar surface area (TPSA) is 57.2 Å². The predicted octanol–water partition coefficient (Wildman–Crippen LogP) is 2.86. The molecule has 3 rings (SSSR count). The summed E-state index contributed by atoms with van der Waals surface area (Å²) in [7, 11) is 1.37. The highest BCUT2D eigenvalue weighted by molar-refractivity contribution is 5.14. The molecule has 146 valence electrons. The van der Waals surface area contributed by atoms with Crippen LogP contribution in [0.4, 0.5) is 4.39 Å². The monoisotopic (exact) mass is 376 g/mol. The van der Waals surface area contributed by atoms with Crippen molar-refractivity contribution >= 4 is 0 Å². The summed E-state index contributed by atoms with van der Waals surface area (Å²) in [5.74, 6) is 0. The van der Waals surface area contributed by atoms with Gasteiger partial charge in [-0.05, 0) is 11.1 Å². The maximum absolute atomic E-state index is 13.7. The lowest BCUT2D eigenvalue weighted by Gasteiger charge is -2.30. The maximum atomic E-state index is 13.7. The zero-order chi connectivity index (χ0) is 19.1.